The lowest BCUT2D eigenvalue weighted by atomic mass is 10.5. The van der Waals surface area contributed by atoms with Crippen molar-refractivity contribution in [1.29, 1.82) is 0 Å². The van der Waals surface area contributed by atoms with E-state index in [-0.39, 0.29) is 5.24 Å². The minimum atomic E-state index is 0.263. The Labute approximate surface area is 61.1 Å². The SMILES string of the molecule is CCCOC(=S)OCC. The quantitative estimate of drug-likeness (QED) is 0.568. The molecule has 9 heavy (non-hydrogen) atoms. The number of ether oxygens (including phenoxy) is 2. The molecule has 0 radical (unpaired) electrons. The third kappa shape index (κ3) is 5.56. The monoisotopic (exact) mass is 148 g/mol. The van der Waals surface area contributed by atoms with Crippen LogP contribution in [0.2, 0.25) is 0 Å². The minimum Gasteiger partial charge on any atom is -0.457 e. The van der Waals surface area contributed by atoms with Gasteiger partial charge in [0.25, 0.3) is 0 Å². The second-order valence-corrected chi connectivity index (χ2v) is 1.86. The molecule has 2 nitrogen and oxygen atoms in total. The Morgan fingerprint density at radius 2 is 2.00 bits per heavy atom. The van der Waals surface area contributed by atoms with Crippen molar-refractivity contribution in [2.75, 3.05) is 13.2 Å². The Morgan fingerprint density at radius 3 is 2.44 bits per heavy atom. The van der Waals surface area contributed by atoms with Crippen molar-refractivity contribution in [2.45, 2.75) is 20.3 Å². The topological polar surface area (TPSA) is 18.5 Å². The molecule has 0 heterocycles. The zero-order valence-corrected chi connectivity index (χ0v) is 6.66. The van der Waals surface area contributed by atoms with Gasteiger partial charge in [0.05, 0.1) is 13.2 Å². The maximum atomic E-state index is 4.94. The van der Waals surface area contributed by atoms with Gasteiger partial charge in [0, 0.05) is 12.2 Å². The molecule has 0 aromatic heterocycles. The van der Waals surface area contributed by atoms with Crippen molar-refractivity contribution in [3.8, 4) is 0 Å². The van der Waals surface area contributed by atoms with Crippen molar-refractivity contribution >= 4 is 17.5 Å². The van der Waals surface area contributed by atoms with Gasteiger partial charge in [-0.1, -0.05) is 6.92 Å². The first-order valence-corrected chi connectivity index (χ1v) is 3.51. The summed E-state index contributed by atoms with van der Waals surface area (Å²) in [4.78, 5) is 0. The summed E-state index contributed by atoms with van der Waals surface area (Å²) in [5, 5.41) is 0.263. The van der Waals surface area contributed by atoms with E-state index in [0.717, 1.165) is 6.42 Å². The van der Waals surface area contributed by atoms with E-state index in [1.54, 1.807) is 0 Å². The number of rotatable bonds is 3. The van der Waals surface area contributed by atoms with Crippen LogP contribution in [0.15, 0.2) is 0 Å². The van der Waals surface area contributed by atoms with Gasteiger partial charge in [-0.05, 0) is 13.3 Å². The van der Waals surface area contributed by atoms with Crippen LogP contribution in [-0.2, 0) is 9.47 Å². The molecule has 0 amide bonds. The van der Waals surface area contributed by atoms with Crippen molar-refractivity contribution in [2.24, 2.45) is 0 Å². The van der Waals surface area contributed by atoms with Gasteiger partial charge in [0.2, 0.25) is 0 Å². The van der Waals surface area contributed by atoms with Crippen molar-refractivity contribution in [1.82, 2.24) is 0 Å². The number of hydrogen-bond acceptors (Lipinski definition) is 3. The molecule has 0 aliphatic rings. The highest BCUT2D eigenvalue weighted by molar-refractivity contribution is 7.79. The summed E-state index contributed by atoms with van der Waals surface area (Å²) in [5.74, 6) is 0. The summed E-state index contributed by atoms with van der Waals surface area (Å²) < 4.78 is 9.79. The van der Waals surface area contributed by atoms with Crippen molar-refractivity contribution in [3.05, 3.63) is 0 Å². The highest BCUT2D eigenvalue weighted by Crippen LogP contribution is 1.86. The third-order valence-electron chi connectivity index (χ3n) is 0.686. The first kappa shape index (κ1) is 8.69. The smallest absolute Gasteiger partial charge is 0.352 e. The van der Waals surface area contributed by atoms with Crippen molar-refractivity contribution in [3.63, 3.8) is 0 Å². The Morgan fingerprint density at radius 1 is 1.33 bits per heavy atom. The molecule has 0 aromatic rings. The Bertz CT molecular complexity index is 83.1. The zero-order chi connectivity index (χ0) is 7.11. The van der Waals surface area contributed by atoms with Crippen LogP contribution in [0.5, 0.6) is 0 Å². The van der Waals surface area contributed by atoms with Crippen LogP contribution in [0.1, 0.15) is 20.3 Å². The molecular formula is C6H12O2S. The van der Waals surface area contributed by atoms with Crippen LogP contribution < -0.4 is 0 Å². The molecule has 0 rings (SSSR count). The molecule has 0 unspecified atom stereocenters. The molecule has 0 saturated carbocycles. The van der Waals surface area contributed by atoms with Gasteiger partial charge >= 0.3 is 5.24 Å². The molecule has 0 saturated heterocycles. The summed E-state index contributed by atoms with van der Waals surface area (Å²) in [6.45, 7) is 5.14. The standard InChI is InChI=1S/C6H12O2S/c1-3-5-8-6(9)7-4-2/h3-5H2,1-2H3. The summed E-state index contributed by atoms with van der Waals surface area (Å²) in [5.41, 5.74) is 0. The maximum Gasteiger partial charge on any atom is 0.352 e. The molecule has 0 aliphatic heterocycles. The average Bonchev–Trinajstić information content (AvgIpc) is 1.85. The summed E-state index contributed by atoms with van der Waals surface area (Å²) >= 11 is 4.67. The van der Waals surface area contributed by atoms with E-state index in [0.29, 0.717) is 13.2 Å². The van der Waals surface area contributed by atoms with Crippen LogP contribution in [0.4, 0.5) is 0 Å². The molecule has 0 bridgehead atoms. The molecule has 0 N–H and O–H groups in total. The molecule has 54 valence electrons. The third-order valence-corrected chi connectivity index (χ3v) is 0.922. The molecule has 0 fully saturated rings. The maximum absolute atomic E-state index is 4.94. The van der Waals surface area contributed by atoms with Crippen molar-refractivity contribution < 1.29 is 9.47 Å². The van der Waals surface area contributed by atoms with Gasteiger partial charge in [-0.3, -0.25) is 0 Å². The lowest BCUT2D eigenvalue weighted by Crippen LogP contribution is -2.06. The van der Waals surface area contributed by atoms with Gasteiger partial charge in [-0.25, -0.2) is 0 Å². The van der Waals surface area contributed by atoms with E-state index in [9.17, 15) is 0 Å². The molecule has 3 heteroatoms. The lowest BCUT2D eigenvalue weighted by molar-refractivity contribution is 0.186. The first-order chi connectivity index (χ1) is 4.31. The molecule has 0 spiro atoms. The average molecular weight is 148 g/mol. The minimum absolute atomic E-state index is 0.263. The van der Waals surface area contributed by atoms with E-state index in [1.807, 2.05) is 13.8 Å². The van der Waals surface area contributed by atoms with E-state index in [4.69, 9.17) is 9.47 Å². The summed E-state index contributed by atoms with van der Waals surface area (Å²) in [6.07, 6.45) is 0.965. The fraction of sp³-hybridized carbons (Fsp3) is 0.833. The Hall–Kier alpha value is -0.310. The molecular weight excluding hydrogens is 136 g/mol. The van der Waals surface area contributed by atoms with Gasteiger partial charge in [0.1, 0.15) is 0 Å². The molecule has 0 aliphatic carbocycles. The van der Waals surface area contributed by atoms with Gasteiger partial charge in [-0.15, -0.1) is 0 Å². The fourth-order valence-electron chi connectivity index (χ4n) is 0.345. The van der Waals surface area contributed by atoms with Crippen LogP contribution in [0.3, 0.4) is 0 Å². The second-order valence-electron chi connectivity index (χ2n) is 1.53. The lowest BCUT2D eigenvalue weighted by Gasteiger charge is -2.04. The van der Waals surface area contributed by atoms with Gasteiger partial charge < -0.3 is 9.47 Å². The highest BCUT2D eigenvalue weighted by atomic mass is 32.1. The van der Waals surface area contributed by atoms with E-state index in [1.165, 1.54) is 0 Å². The fourth-order valence-corrected chi connectivity index (χ4v) is 0.546. The molecule has 0 atom stereocenters. The van der Waals surface area contributed by atoms with E-state index in [2.05, 4.69) is 12.2 Å². The zero-order valence-electron chi connectivity index (χ0n) is 5.85. The first-order valence-electron chi connectivity index (χ1n) is 3.10. The van der Waals surface area contributed by atoms with E-state index < -0.39 is 0 Å². The summed E-state index contributed by atoms with van der Waals surface area (Å²) in [7, 11) is 0. The Kier molecular flexibility index (Phi) is 5.62. The van der Waals surface area contributed by atoms with Crippen LogP contribution in [0, 0.1) is 0 Å². The predicted molar refractivity (Wildman–Crippen MR) is 40.5 cm³/mol. The summed E-state index contributed by atoms with van der Waals surface area (Å²) in [6, 6.07) is 0. The predicted octanol–water partition coefficient (Wildman–Crippen LogP) is 1.73. The molecule has 0 aromatic carbocycles. The largest absolute Gasteiger partial charge is 0.457 e. The van der Waals surface area contributed by atoms with Crippen LogP contribution >= 0.6 is 12.2 Å². The van der Waals surface area contributed by atoms with Crippen LogP contribution in [0.25, 0.3) is 0 Å². The van der Waals surface area contributed by atoms with Gasteiger partial charge in [0.15, 0.2) is 0 Å². The van der Waals surface area contributed by atoms with Crippen LogP contribution in [-0.4, -0.2) is 18.5 Å². The normalized spacial score (nSPS) is 8.67. The number of hydrogen-bond donors (Lipinski definition) is 0. The van der Waals surface area contributed by atoms with Gasteiger partial charge in [-0.2, -0.15) is 0 Å². The highest BCUT2D eigenvalue weighted by Gasteiger charge is 1.92. The van der Waals surface area contributed by atoms with E-state index >= 15 is 0 Å². The number of thiocarbonyl (C=S) groups is 1. The second kappa shape index (κ2) is 5.82. The Balaban J connectivity index is 3.06.